The number of rotatable bonds is 3. The predicted molar refractivity (Wildman–Crippen MR) is 73.0 cm³/mol. The molecule has 1 aromatic rings. The van der Waals surface area contributed by atoms with E-state index < -0.39 is 5.97 Å². The van der Waals surface area contributed by atoms with Crippen molar-refractivity contribution in [2.75, 3.05) is 13.2 Å². The van der Waals surface area contributed by atoms with E-state index in [0.717, 1.165) is 53.9 Å². The van der Waals surface area contributed by atoms with Crippen molar-refractivity contribution < 1.29 is 19.4 Å². The second kappa shape index (κ2) is 4.04. The molecule has 0 aromatic heterocycles. The van der Waals surface area contributed by atoms with E-state index in [1.54, 1.807) is 0 Å². The standard InChI is InChI=1S/C15H15ClO4/c16-12-9-2-6-19-13(9)11(8-1-5-20-14(8)12)15(3-4-15)7-10(17)18/h1-7H2,(H,17,18). The first-order valence-corrected chi connectivity index (χ1v) is 7.35. The lowest BCUT2D eigenvalue weighted by atomic mass is 9.85. The molecule has 4 nitrogen and oxygen atoms in total. The number of halogens is 1. The molecular weight excluding hydrogens is 280 g/mol. The fourth-order valence-corrected chi connectivity index (χ4v) is 3.92. The third-order valence-corrected chi connectivity index (χ3v) is 5.01. The van der Waals surface area contributed by atoms with Crippen LogP contribution in [0.25, 0.3) is 0 Å². The molecule has 0 bridgehead atoms. The summed E-state index contributed by atoms with van der Waals surface area (Å²) >= 11 is 6.43. The van der Waals surface area contributed by atoms with E-state index in [2.05, 4.69) is 0 Å². The van der Waals surface area contributed by atoms with Gasteiger partial charge in [-0.2, -0.15) is 0 Å². The van der Waals surface area contributed by atoms with E-state index in [1.807, 2.05) is 0 Å². The molecule has 0 radical (unpaired) electrons. The molecule has 20 heavy (non-hydrogen) atoms. The third-order valence-electron chi connectivity index (χ3n) is 4.61. The normalized spacial score (nSPS) is 20.9. The van der Waals surface area contributed by atoms with Gasteiger partial charge in [-0.25, -0.2) is 0 Å². The van der Waals surface area contributed by atoms with Gasteiger partial charge in [0.15, 0.2) is 0 Å². The van der Waals surface area contributed by atoms with Crippen molar-refractivity contribution in [2.24, 2.45) is 0 Å². The zero-order valence-electron chi connectivity index (χ0n) is 11.0. The van der Waals surface area contributed by atoms with E-state index in [9.17, 15) is 9.90 Å². The fraction of sp³-hybridized carbons (Fsp3) is 0.533. The Bertz CT molecular complexity index is 584. The van der Waals surface area contributed by atoms with Crippen LogP contribution in [0.3, 0.4) is 0 Å². The highest BCUT2D eigenvalue weighted by Crippen LogP contribution is 2.60. The molecular formula is C15H15ClO4. The van der Waals surface area contributed by atoms with Gasteiger partial charge < -0.3 is 14.6 Å². The average molecular weight is 295 g/mol. The highest BCUT2D eigenvalue weighted by molar-refractivity contribution is 6.33. The number of hydrogen-bond acceptors (Lipinski definition) is 3. The van der Waals surface area contributed by atoms with Gasteiger partial charge >= 0.3 is 5.97 Å². The highest BCUT2D eigenvalue weighted by atomic mass is 35.5. The lowest BCUT2D eigenvalue weighted by Crippen LogP contribution is -2.16. The topological polar surface area (TPSA) is 55.8 Å². The van der Waals surface area contributed by atoms with Gasteiger partial charge in [0.25, 0.3) is 0 Å². The maximum atomic E-state index is 11.2. The zero-order valence-corrected chi connectivity index (χ0v) is 11.8. The third kappa shape index (κ3) is 1.57. The lowest BCUT2D eigenvalue weighted by Gasteiger charge is -2.21. The molecule has 1 N–H and O–H groups in total. The van der Waals surface area contributed by atoms with Crippen molar-refractivity contribution in [1.29, 1.82) is 0 Å². The lowest BCUT2D eigenvalue weighted by molar-refractivity contribution is -0.137. The van der Waals surface area contributed by atoms with Gasteiger partial charge in [-0.1, -0.05) is 11.6 Å². The summed E-state index contributed by atoms with van der Waals surface area (Å²) in [5, 5.41) is 9.87. The van der Waals surface area contributed by atoms with Crippen LogP contribution < -0.4 is 9.47 Å². The fourth-order valence-electron chi connectivity index (χ4n) is 3.57. The second-order valence-corrected chi connectivity index (χ2v) is 6.23. The Kier molecular flexibility index (Phi) is 2.49. The Morgan fingerprint density at radius 1 is 1.15 bits per heavy atom. The molecule has 3 aliphatic rings. The monoisotopic (exact) mass is 294 g/mol. The van der Waals surface area contributed by atoms with Crippen LogP contribution in [0.15, 0.2) is 0 Å². The van der Waals surface area contributed by atoms with Crippen LogP contribution in [0, 0.1) is 0 Å². The summed E-state index contributed by atoms with van der Waals surface area (Å²) in [5.41, 5.74) is 2.89. The van der Waals surface area contributed by atoms with Gasteiger partial charge in [-0.15, -0.1) is 0 Å². The first kappa shape index (κ1) is 12.3. The molecule has 2 heterocycles. The van der Waals surface area contributed by atoms with Crippen molar-refractivity contribution in [3.05, 3.63) is 21.7 Å². The van der Waals surface area contributed by atoms with Gasteiger partial charge in [-0.05, 0) is 12.8 Å². The zero-order chi connectivity index (χ0) is 13.9. The molecule has 0 saturated heterocycles. The van der Waals surface area contributed by atoms with Crippen molar-refractivity contribution in [2.45, 2.75) is 37.5 Å². The maximum absolute atomic E-state index is 11.2. The highest BCUT2D eigenvalue weighted by Gasteiger charge is 2.51. The molecule has 0 amide bonds. The van der Waals surface area contributed by atoms with Crippen LogP contribution in [0.1, 0.15) is 36.0 Å². The molecule has 1 saturated carbocycles. The second-order valence-electron chi connectivity index (χ2n) is 5.85. The number of ether oxygens (including phenoxy) is 2. The Hall–Kier alpha value is -1.42. The van der Waals surface area contributed by atoms with Crippen LogP contribution in [0.2, 0.25) is 5.02 Å². The van der Waals surface area contributed by atoms with Gasteiger partial charge in [0.2, 0.25) is 0 Å². The van der Waals surface area contributed by atoms with Crippen LogP contribution >= 0.6 is 11.6 Å². The summed E-state index contributed by atoms with van der Waals surface area (Å²) in [6.07, 6.45) is 3.55. The van der Waals surface area contributed by atoms with Gasteiger partial charge in [0.05, 0.1) is 24.7 Å². The first-order chi connectivity index (χ1) is 9.62. The molecule has 0 atom stereocenters. The number of carbonyl (C=O) groups is 1. The summed E-state index contributed by atoms with van der Waals surface area (Å²) in [7, 11) is 0. The Morgan fingerprint density at radius 3 is 2.45 bits per heavy atom. The summed E-state index contributed by atoms with van der Waals surface area (Å²) in [6, 6.07) is 0. The predicted octanol–water partition coefficient (Wildman–Crippen LogP) is 2.72. The average Bonchev–Trinajstić information content (AvgIpc) is 2.85. The number of carboxylic acid groups (broad SMARTS) is 1. The van der Waals surface area contributed by atoms with Crippen LogP contribution in [0.4, 0.5) is 0 Å². The van der Waals surface area contributed by atoms with E-state index in [-0.39, 0.29) is 11.8 Å². The molecule has 106 valence electrons. The number of aliphatic carboxylic acids is 1. The first-order valence-electron chi connectivity index (χ1n) is 6.97. The van der Waals surface area contributed by atoms with Crippen LogP contribution in [0.5, 0.6) is 11.5 Å². The molecule has 1 aromatic carbocycles. The quantitative estimate of drug-likeness (QED) is 0.931. The van der Waals surface area contributed by atoms with E-state index >= 15 is 0 Å². The Balaban J connectivity index is 1.94. The molecule has 2 aliphatic heterocycles. The van der Waals surface area contributed by atoms with E-state index in [1.165, 1.54) is 0 Å². The molecule has 0 unspecified atom stereocenters. The van der Waals surface area contributed by atoms with Crippen LogP contribution in [-0.2, 0) is 23.1 Å². The van der Waals surface area contributed by atoms with E-state index in [4.69, 9.17) is 21.1 Å². The molecule has 1 aliphatic carbocycles. The number of benzene rings is 1. The Labute approximate surface area is 121 Å². The van der Waals surface area contributed by atoms with Crippen molar-refractivity contribution >= 4 is 17.6 Å². The number of fused-ring (bicyclic) bond motifs is 2. The minimum atomic E-state index is -0.753. The minimum Gasteiger partial charge on any atom is -0.493 e. The number of carboxylic acids is 1. The SMILES string of the molecule is O=C(O)CC1(c2c3c(c(Cl)c4c2OCC4)OCC3)CC1. The smallest absolute Gasteiger partial charge is 0.304 e. The summed E-state index contributed by atoms with van der Waals surface area (Å²) in [5.74, 6) is 0.859. The molecule has 1 fully saturated rings. The van der Waals surface area contributed by atoms with E-state index in [0.29, 0.717) is 18.2 Å². The Morgan fingerprint density at radius 2 is 1.80 bits per heavy atom. The van der Waals surface area contributed by atoms with Gasteiger partial charge in [-0.3, -0.25) is 4.79 Å². The van der Waals surface area contributed by atoms with Gasteiger partial charge in [0, 0.05) is 34.9 Å². The molecule has 0 spiro atoms. The summed E-state index contributed by atoms with van der Waals surface area (Å²) in [6.45, 7) is 1.24. The maximum Gasteiger partial charge on any atom is 0.304 e. The largest absolute Gasteiger partial charge is 0.493 e. The molecule has 5 heteroatoms. The number of hydrogen-bond donors (Lipinski definition) is 1. The van der Waals surface area contributed by atoms with Crippen molar-refractivity contribution in [3.63, 3.8) is 0 Å². The summed E-state index contributed by atoms with van der Waals surface area (Å²) in [4.78, 5) is 11.2. The van der Waals surface area contributed by atoms with Crippen molar-refractivity contribution in [1.82, 2.24) is 0 Å². The minimum absolute atomic E-state index is 0.164. The molecule has 4 rings (SSSR count). The van der Waals surface area contributed by atoms with Crippen LogP contribution in [-0.4, -0.2) is 24.3 Å². The summed E-state index contributed by atoms with van der Waals surface area (Å²) < 4.78 is 11.5. The van der Waals surface area contributed by atoms with Crippen molar-refractivity contribution in [3.8, 4) is 11.5 Å². The van der Waals surface area contributed by atoms with Gasteiger partial charge in [0.1, 0.15) is 11.5 Å².